The van der Waals surface area contributed by atoms with E-state index in [1.165, 1.54) is 5.56 Å². The zero-order valence-corrected chi connectivity index (χ0v) is 17.9. The lowest BCUT2D eigenvalue weighted by Gasteiger charge is -2.13. The molecule has 4 nitrogen and oxygen atoms in total. The summed E-state index contributed by atoms with van der Waals surface area (Å²) in [6.07, 6.45) is 3.51. The molecule has 0 aliphatic rings. The first kappa shape index (κ1) is 20.7. The van der Waals surface area contributed by atoms with Crippen LogP contribution in [0.4, 0.5) is 0 Å². The van der Waals surface area contributed by atoms with Crippen molar-refractivity contribution in [2.24, 2.45) is 0 Å². The number of amides is 1. The molecule has 0 aliphatic heterocycles. The van der Waals surface area contributed by atoms with E-state index in [0.29, 0.717) is 6.54 Å². The Hall–Kier alpha value is -3.01. The summed E-state index contributed by atoms with van der Waals surface area (Å²) in [5, 5.41) is 4.05. The molecule has 0 saturated heterocycles. The number of furan rings is 1. The van der Waals surface area contributed by atoms with Gasteiger partial charge in [0.25, 0.3) is 0 Å². The fourth-order valence-corrected chi connectivity index (χ4v) is 3.64. The molecule has 1 heterocycles. The topological polar surface area (TPSA) is 51.5 Å². The van der Waals surface area contributed by atoms with Crippen molar-refractivity contribution in [1.82, 2.24) is 5.32 Å². The van der Waals surface area contributed by atoms with Gasteiger partial charge < -0.3 is 14.5 Å². The smallest absolute Gasteiger partial charge is 0.244 e. The van der Waals surface area contributed by atoms with Crippen molar-refractivity contribution in [2.45, 2.75) is 40.5 Å². The van der Waals surface area contributed by atoms with Crippen LogP contribution in [-0.4, -0.2) is 19.6 Å². The standard InChI is InChI=1S/C25H29NO3/c1-16(14-23(27)26-13-9-12-20-10-7-6-8-11-20)21-15-22-17(2)19(4)29-25(22)18(3)24(21)28-5/h6-8,10-11,14-15H,9,12-13H2,1-5H3,(H,26,27)/b16-14+. The van der Waals surface area contributed by atoms with Crippen LogP contribution in [0.2, 0.25) is 0 Å². The van der Waals surface area contributed by atoms with Crippen LogP contribution in [0.5, 0.6) is 5.75 Å². The lowest BCUT2D eigenvalue weighted by molar-refractivity contribution is -0.116. The van der Waals surface area contributed by atoms with E-state index in [1.54, 1.807) is 13.2 Å². The van der Waals surface area contributed by atoms with Crippen molar-refractivity contribution in [3.8, 4) is 5.75 Å². The van der Waals surface area contributed by atoms with Gasteiger partial charge in [-0.3, -0.25) is 4.79 Å². The Morgan fingerprint density at radius 1 is 1.14 bits per heavy atom. The Kier molecular flexibility index (Phi) is 6.42. The van der Waals surface area contributed by atoms with Crippen molar-refractivity contribution in [3.05, 3.63) is 70.5 Å². The number of hydrogen-bond acceptors (Lipinski definition) is 3. The number of methoxy groups -OCH3 is 1. The first-order chi connectivity index (χ1) is 13.9. The minimum absolute atomic E-state index is 0.0875. The van der Waals surface area contributed by atoms with Crippen LogP contribution in [0.3, 0.4) is 0 Å². The average molecular weight is 392 g/mol. The maximum Gasteiger partial charge on any atom is 0.244 e. The first-order valence-corrected chi connectivity index (χ1v) is 10.00. The molecule has 0 radical (unpaired) electrons. The largest absolute Gasteiger partial charge is 0.496 e. The van der Waals surface area contributed by atoms with E-state index in [1.807, 2.05) is 39.0 Å². The number of nitrogens with one attached hydrogen (secondary N) is 1. The van der Waals surface area contributed by atoms with Crippen LogP contribution < -0.4 is 10.1 Å². The third-order valence-corrected chi connectivity index (χ3v) is 5.41. The van der Waals surface area contributed by atoms with Crippen molar-refractivity contribution in [3.63, 3.8) is 0 Å². The quantitative estimate of drug-likeness (QED) is 0.426. The fourth-order valence-electron chi connectivity index (χ4n) is 3.64. The molecule has 29 heavy (non-hydrogen) atoms. The monoisotopic (exact) mass is 391 g/mol. The number of allylic oxidation sites excluding steroid dienone is 1. The van der Waals surface area contributed by atoms with Gasteiger partial charge in [-0.25, -0.2) is 0 Å². The fraction of sp³-hybridized carbons (Fsp3) is 0.320. The summed E-state index contributed by atoms with van der Waals surface area (Å²) in [4.78, 5) is 12.4. The van der Waals surface area contributed by atoms with Crippen molar-refractivity contribution in [1.29, 1.82) is 0 Å². The second kappa shape index (κ2) is 8.99. The van der Waals surface area contributed by atoms with Gasteiger partial charge in [0.15, 0.2) is 0 Å². The predicted molar refractivity (Wildman–Crippen MR) is 118 cm³/mol. The van der Waals surface area contributed by atoms with Gasteiger partial charge in [0.05, 0.1) is 7.11 Å². The first-order valence-electron chi connectivity index (χ1n) is 10.00. The Balaban J connectivity index is 1.73. The molecule has 1 aromatic heterocycles. The van der Waals surface area contributed by atoms with E-state index in [9.17, 15) is 4.79 Å². The number of hydrogen-bond donors (Lipinski definition) is 1. The van der Waals surface area contributed by atoms with Gasteiger partial charge in [-0.15, -0.1) is 0 Å². The maximum atomic E-state index is 12.4. The van der Waals surface area contributed by atoms with E-state index in [2.05, 4.69) is 30.4 Å². The zero-order chi connectivity index (χ0) is 21.0. The van der Waals surface area contributed by atoms with E-state index in [4.69, 9.17) is 9.15 Å². The van der Waals surface area contributed by atoms with Gasteiger partial charge >= 0.3 is 0 Å². The Labute approximate surface area is 172 Å². The van der Waals surface area contributed by atoms with Crippen LogP contribution in [-0.2, 0) is 11.2 Å². The van der Waals surface area contributed by atoms with Crippen LogP contribution in [0.1, 0.15) is 41.4 Å². The summed E-state index contributed by atoms with van der Waals surface area (Å²) in [5.41, 5.74) is 5.98. The summed E-state index contributed by atoms with van der Waals surface area (Å²) in [6, 6.07) is 12.4. The molecule has 3 rings (SSSR count). The highest BCUT2D eigenvalue weighted by atomic mass is 16.5. The number of carbonyl (C=O) groups excluding carboxylic acids is 1. The van der Waals surface area contributed by atoms with Gasteiger partial charge in [0.2, 0.25) is 5.91 Å². The van der Waals surface area contributed by atoms with Gasteiger partial charge in [-0.1, -0.05) is 30.3 Å². The zero-order valence-electron chi connectivity index (χ0n) is 17.9. The Morgan fingerprint density at radius 2 is 1.86 bits per heavy atom. The molecule has 0 saturated carbocycles. The van der Waals surface area contributed by atoms with Crippen LogP contribution in [0, 0.1) is 20.8 Å². The summed E-state index contributed by atoms with van der Waals surface area (Å²) in [5.74, 6) is 1.56. The highest BCUT2D eigenvalue weighted by molar-refractivity contribution is 5.98. The molecular weight excluding hydrogens is 362 g/mol. The lowest BCUT2D eigenvalue weighted by atomic mass is 9.98. The van der Waals surface area contributed by atoms with Gasteiger partial charge in [0, 0.05) is 29.1 Å². The second-order valence-corrected chi connectivity index (χ2v) is 7.45. The molecule has 0 unspecified atom stereocenters. The SMILES string of the molecule is COc1c(/C(C)=C/C(=O)NCCCc2ccccc2)cc2c(C)c(C)oc2c1C. The molecular formula is C25H29NO3. The molecule has 0 atom stereocenters. The molecule has 0 aliphatic carbocycles. The maximum absolute atomic E-state index is 12.4. The van der Waals surface area contributed by atoms with E-state index in [0.717, 1.165) is 57.6 Å². The average Bonchev–Trinajstić information content (AvgIpc) is 3.00. The summed E-state index contributed by atoms with van der Waals surface area (Å²) in [7, 11) is 1.65. The molecule has 2 aromatic carbocycles. The van der Waals surface area contributed by atoms with E-state index < -0.39 is 0 Å². The van der Waals surface area contributed by atoms with Gasteiger partial charge in [-0.2, -0.15) is 0 Å². The number of fused-ring (bicyclic) bond motifs is 1. The van der Waals surface area contributed by atoms with Gasteiger partial charge in [0.1, 0.15) is 17.1 Å². The summed E-state index contributed by atoms with van der Waals surface area (Å²) in [6.45, 7) is 8.59. The number of benzene rings is 2. The van der Waals surface area contributed by atoms with Crippen LogP contribution >= 0.6 is 0 Å². The van der Waals surface area contributed by atoms with Crippen LogP contribution in [0.15, 0.2) is 46.9 Å². The molecule has 0 bridgehead atoms. The molecule has 3 aromatic rings. The molecule has 1 N–H and O–H groups in total. The number of aryl methyl sites for hydroxylation is 4. The van der Waals surface area contributed by atoms with Crippen LogP contribution in [0.25, 0.3) is 16.5 Å². The van der Waals surface area contributed by atoms with Crippen molar-refractivity contribution in [2.75, 3.05) is 13.7 Å². The van der Waals surface area contributed by atoms with Crippen molar-refractivity contribution < 1.29 is 13.9 Å². The van der Waals surface area contributed by atoms with E-state index >= 15 is 0 Å². The molecule has 0 spiro atoms. The molecule has 4 heteroatoms. The van der Waals surface area contributed by atoms with Crippen molar-refractivity contribution >= 4 is 22.4 Å². The number of rotatable bonds is 7. The predicted octanol–water partition coefficient (Wildman–Crippen LogP) is 5.52. The Bertz CT molecular complexity index is 1050. The minimum Gasteiger partial charge on any atom is -0.496 e. The molecule has 152 valence electrons. The highest BCUT2D eigenvalue weighted by Gasteiger charge is 2.18. The third kappa shape index (κ3) is 4.53. The number of carbonyl (C=O) groups is 1. The lowest BCUT2D eigenvalue weighted by Crippen LogP contribution is -2.22. The van der Waals surface area contributed by atoms with Gasteiger partial charge in [-0.05, 0) is 63.3 Å². The molecule has 0 fully saturated rings. The summed E-state index contributed by atoms with van der Waals surface area (Å²) < 4.78 is 11.6. The third-order valence-electron chi connectivity index (χ3n) is 5.41. The van der Waals surface area contributed by atoms with E-state index in [-0.39, 0.29) is 5.91 Å². The number of ether oxygens (including phenoxy) is 1. The molecule has 1 amide bonds. The Morgan fingerprint density at radius 3 is 2.55 bits per heavy atom. The highest BCUT2D eigenvalue weighted by Crippen LogP contribution is 2.38. The summed E-state index contributed by atoms with van der Waals surface area (Å²) >= 11 is 0. The second-order valence-electron chi connectivity index (χ2n) is 7.45. The normalized spacial score (nSPS) is 11.7. The minimum atomic E-state index is -0.0875.